The molecule has 0 aromatic rings. The number of nitrogens with zero attached hydrogens (tertiary/aromatic N) is 1. The van der Waals surface area contributed by atoms with Gasteiger partial charge in [0.25, 0.3) is 0 Å². The molecule has 1 saturated heterocycles. The van der Waals surface area contributed by atoms with E-state index >= 15 is 0 Å². The molecule has 1 fully saturated rings. The van der Waals surface area contributed by atoms with Crippen molar-refractivity contribution in [3.8, 4) is 0 Å². The average molecular weight is 169 g/mol. The Morgan fingerprint density at radius 1 is 1.17 bits per heavy atom. The Labute approximate surface area is 77.1 Å². The Bertz CT molecular complexity index is 131. The summed E-state index contributed by atoms with van der Waals surface area (Å²) < 4.78 is 0. The third-order valence-corrected chi connectivity index (χ3v) is 3.14. The summed E-state index contributed by atoms with van der Waals surface area (Å²) in [6.07, 6.45) is 2.86. The van der Waals surface area contributed by atoms with Gasteiger partial charge in [-0.15, -0.1) is 0 Å². The van der Waals surface area contributed by atoms with Gasteiger partial charge in [0, 0.05) is 13.1 Å². The van der Waals surface area contributed by atoms with E-state index in [1.54, 1.807) is 0 Å². The van der Waals surface area contributed by atoms with Crippen LogP contribution in [0.4, 0.5) is 0 Å². The zero-order chi connectivity index (χ0) is 9.14. The fraction of sp³-hybridized carbons (Fsp3) is 1.00. The molecule has 0 aromatic carbocycles. The van der Waals surface area contributed by atoms with Crippen LogP contribution in [0, 0.1) is 17.8 Å². The molecule has 1 heteroatoms. The van der Waals surface area contributed by atoms with E-state index in [0.717, 1.165) is 17.8 Å². The summed E-state index contributed by atoms with van der Waals surface area (Å²) in [5.74, 6) is 2.69. The van der Waals surface area contributed by atoms with Crippen LogP contribution in [-0.4, -0.2) is 25.0 Å². The highest BCUT2D eigenvalue weighted by Gasteiger charge is 2.21. The van der Waals surface area contributed by atoms with Crippen LogP contribution in [0.3, 0.4) is 0 Å². The zero-order valence-electron chi connectivity index (χ0n) is 9.01. The van der Waals surface area contributed by atoms with Crippen molar-refractivity contribution in [2.75, 3.05) is 20.1 Å². The molecule has 0 saturated carbocycles. The lowest BCUT2D eigenvalue weighted by molar-refractivity contribution is 0.248. The van der Waals surface area contributed by atoms with E-state index in [1.807, 2.05) is 0 Å². The molecule has 0 aromatic heterocycles. The van der Waals surface area contributed by atoms with Gasteiger partial charge in [-0.1, -0.05) is 20.8 Å². The molecule has 1 nitrogen and oxygen atoms in total. The standard InChI is InChI=1S/C11H23N/c1-9(2)11-6-5-10(3)7-12(4)8-11/h9-11H,5-8H2,1-4H3. The molecule has 72 valence electrons. The van der Waals surface area contributed by atoms with Crippen molar-refractivity contribution in [1.82, 2.24) is 4.90 Å². The number of hydrogen-bond acceptors (Lipinski definition) is 1. The van der Waals surface area contributed by atoms with E-state index in [-0.39, 0.29) is 0 Å². The van der Waals surface area contributed by atoms with Crippen LogP contribution in [0.1, 0.15) is 33.6 Å². The van der Waals surface area contributed by atoms with Crippen molar-refractivity contribution in [3.63, 3.8) is 0 Å². The lowest BCUT2D eigenvalue weighted by Crippen LogP contribution is -2.27. The summed E-state index contributed by atoms with van der Waals surface area (Å²) in [5, 5.41) is 0. The van der Waals surface area contributed by atoms with E-state index in [2.05, 4.69) is 32.7 Å². The van der Waals surface area contributed by atoms with E-state index in [1.165, 1.54) is 25.9 Å². The van der Waals surface area contributed by atoms with Crippen LogP contribution < -0.4 is 0 Å². The number of rotatable bonds is 1. The lowest BCUT2D eigenvalue weighted by atomic mass is 9.90. The second-order valence-corrected chi connectivity index (χ2v) is 4.91. The van der Waals surface area contributed by atoms with Crippen molar-refractivity contribution in [2.45, 2.75) is 33.6 Å². The predicted molar refractivity (Wildman–Crippen MR) is 54.2 cm³/mol. The van der Waals surface area contributed by atoms with E-state index in [0.29, 0.717) is 0 Å². The molecule has 1 rings (SSSR count). The molecular weight excluding hydrogens is 146 g/mol. The quantitative estimate of drug-likeness (QED) is 0.583. The highest BCUT2D eigenvalue weighted by atomic mass is 15.1. The monoisotopic (exact) mass is 169 g/mol. The van der Waals surface area contributed by atoms with Gasteiger partial charge in [-0.3, -0.25) is 0 Å². The van der Waals surface area contributed by atoms with Crippen LogP contribution in [0.5, 0.6) is 0 Å². The highest BCUT2D eigenvalue weighted by molar-refractivity contribution is 4.74. The molecule has 1 heterocycles. The van der Waals surface area contributed by atoms with E-state index in [4.69, 9.17) is 0 Å². The molecule has 1 aliphatic heterocycles. The molecule has 2 unspecified atom stereocenters. The molecule has 1 aliphatic rings. The van der Waals surface area contributed by atoms with Crippen molar-refractivity contribution < 1.29 is 0 Å². The first kappa shape index (κ1) is 10.0. The van der Waals surface area contributed by atoms with Crippen LogP contribution in [-0.2, 0) is 0 Å². The summed E-state index contributed by atoms with van der Waals surface area (Å²) in [6, 6.07) is 0. The summed E-state index contributed by atoms with van der Waals surface area (Å²) in [5.41, 5.74) is 0. The Morgan fingerprint density at radius 2 is 1.83 bits per heavy atom. The molecule has 0 N–H and O–H groups in total. The fourth-order valence-electron chi connectivity index (χ4n) is 2.23. The summed E-state index contributed by atoms with van der Waals surface area (Å²) >= 11 is 0. The van der Waals surface area contributed by atoms with Crippen molar-refractivity contribution in [3.05, 3.63) is 0 Å². The van der Waals surface area contributed by atoms with Crippen LogP contribution >= 0.6 is 0 Å². The van der Waals surface area contributed by atoms with Gasteiger partial charge in [0.15, 0.2) is 0 Å². The first-order chi connectivity index (χ1) is 5.59. The maximum absolute atomic E-state index is 2.50. The van der Waals surface area contributed by atoms with Gasteiger partial charge in [-0.2, -0.15) is 0 Å². The van der Waals surface area contributed by atoms with Crippen molar-refractivity contribution in [2.24, 2.45) is 17.8 Å². The largest absolute Gasteiger partial charge is 0.306 e. The zero-order valence-corrected chi connectivity index (χ0v) is 9.01. The van der Waals surface area contributed by atoms with Crippen molar-refractivity contribution >= 4 is 0 Å². The highest BCUT2D eigenvalue weighted by Crippen LogP contribution is 2.24. The summed E-state index contributed by atoms with van der Waals surface area (Å²) in [7, 11) is 2.26. The first-order valence-electron chi connectivity index (χ1n) is 5.28. The smallest absolute Gasteiger partial charge is 0.000917 e. The second kappa shape index (κ2) is 4.27. The van der Waals surface area contributed by atoms with Crippen LogP contribution in [0.2, 0.25) is 0 Å². The minimum atomic E-state index is 0.859. The fourth-order valence-corrected chi connectivity index (χ4v) is 2.23. The lowest BCUT2D eigenvalue weighted by Gasteiger charge is -2.23. The maximum Gasteiger partial charge on any atom is 0.000917 e. The van der Waals surface area contributed by atoms with E-state index < -0.39 is 0 Å². The topological polar surface area (TPSA) is 3.24 Å². The molecule has 2 atom stereocenters. The number of likely N-dealkylation sites (tertiary alicyclic amines) is 1. The minimum absolute atomic E-state index is 0.859. The normalized spacial score (nSPS) is 33.8. The maximum atomic E-state index is 2.50. The molecular formula is C11H23N. The van der Waals surface area contributed by atoms with Crippen molar-refractivity contribution in [1.29, 1.82) is 0 Å². The summed E-state index contributed by atoms with van der Waals surface area (Å²) in [4.78, 5) is 2.50. The molecule has 0 radical (unpaired) electrons. The van der Waals surface area contributed by atoms with E-state index in [9.17, 15) is 0 Å². The third kappa shape index (κ3) is 2.78. The van der Waals surface area contributed by atoms with Gasteiger partial charge in [0.2, 0.25) is 0 Å². The Hall–Kier alpha value is -0.0400. The first-order valence-corrected chi connectivity index (χ1v) is 5.28. The van der Waals surface area contributed by atoms with Gasteiger partial charge in [0.05, 0.1) is 0 Å². The molecule has 0 amide bonds. The molecule has 12 heavy (non-hydrogen) atoms. The average Bonchev–Trinajstić information content (AvgIpc) is 2.11. The van der Waals surface area contributed by atoms with Gasteiger partial charge in [-0.25, -0.2) is 0 Å². The Morgan fingerprint density at radius 3 is 2.42 bits per heavy atom. The Kier molecular flexibility index (Phi) is 3.57. The van der Waals surface area contributed by atoms with Crippen LogP contribution in [0.25, 0.3) is 0 Å². The molecule has 0 aliphatic carbocycles. The molecule has 0 bridgehead atoms. The number of hydrogen-bond donors (Lipinski definition) is 0. The minimum Gasteiger partial charge on any atom is -0.306 e. The SMILES string of the molecule is CC1CCC(C(C)C)CN(C)C1. The Balaban J connectivity index is 2.46. The molecule has 0 spiro atoms. The van der Waals surface area contributed by atoms with Crippen LogP contribution in [0.15, 0.2) is 0 Å². The van der Waals surface area contributed by atoms with Gasteiger partial charge < -0.3 is 4.90 Å². The third-order valence-electron chi connectivity index (χ3n) is 3.14. The second-order valence-electron chi connectivity index (χ2n) is 4.91. The van der Waals surface area contributed by atoms with Gasteiger partial charge >= 0.3 is 0 Å². The van der Waals surface area contributed by atoms with Gasteiger partial charge in [-0.05, 0) is 37.6 Å². The van der Waals surface area contributed by atoms with Gasteiger partial charge in [0.1, 0.15) is 0 Å². The predicted octanol–water partition coefficient (Wildman–Crippen LogP) is 2.62. The summed E-state index contributed by atoms with van der Waals surface area (Å²) in [6.45, 7) is 9.69.